The van der Waals surface area contributed by atoms with Crippen molar-refractivity contribution >= 4 is 17.3 Å². The summed E-state index contributed by atoms with van der Waals surface area (Å²) in [7, 11) is 3.21. The van der Waals surface area contributed by atoms with Crippen LogP contribution < -0.4 is 20.5 Å². The number of nitrogens with one attached hydrogen (secondary N) is 1. The zero-order valence-corrected chi connectivity index (χ0v) is 10.8. The highest BCUT2D eigenvalue weighted by Gasteiger charge is 2.26. The first-order valence-electron chi connectivity index (χ1n) is 5.57. The molecule has 4 nitrogen and oxygen atoms in total. The van der Waals surface area contributed by atoms with Crippen molar-refractivity contribution in [2.75, 3.05) is 19.5 Å². The largest absolute Gasteiger partial charge is 0.495 e. The molecule has 1 fully saturated rings. The molecule has 0 amide bonds. The van der Waals surface area contributed by atoms with E-state index in [1.165, 1.54) is 0 Å². The van der Waals surface area contributed by atoms with Crippen LogP contribution in [-0.4, -0.2) is 26.3 Å². The Kier molecular flexibility index (Phi) is 3.64. The summed E-state index contributed by atoms with van der Waals surface area (Å²) in [5, 5.41) is 3.94. The van der Waals surface area contributed by atoms with Gasteiger partial charge in [-0.3, -0.25) is 0 Å². The lowest BCUT2D eigenvalue weighted by molar-refractivity contribution is 0.368. The topological polar surface area (TPSA) is 56.5 Å². The van der Waals surface area contributed by atoms with Crippen molar-refractivity contribution < 1.29 is 9.47 Å². The first-order valence-corrected chi connectivity index (χ1v) is 5.95. The van der Waals surface area contributed by atoms with Crippen LogP contribution in [0.4, 0.5) is 5.69 Å². The molecule has 0 heterocycles. The highest BCUT2D eigenvalue weighted by atomic mass is 35.5. The van der Waals surface area contributed by atoms with Crippen LogP contribution in [-0.2, 0) is 0 Å². The number of hydrogen-bond donors (Lipinski definition) is 2. The van der Waals surface area contributed by atoms with Gasteiger partial charge in [0.2, 0.25) is 0 Å². The molecule has 0 radical (unpaired) electrons. The van der Waals surface area contributed by atoms with Crippen molar-refractivity contribution in [3.63, 3.8) is 0 Å². The van der Waals surface area contributed by atoms with Crippen LogP contribution in [0.15, 0.2) is 12.1 Å². The molecule has 0 atom stereocenters. The Labute approximate surface area is 106 Å². The predicted octanol–water partition coefficient (Wildman–Crippen LogP) is 2.26. The Morgan fingerprint density at radius 2 is 1.88 bits per heavy atom. The van der Waals surface area contributed by atoms with Crippen molar-refractivity contribution in [2.45, 2.75) is 24.9 Å². The fraction of sp³-hybridized carbons (Fsp3) is 0.500. The van der Waals surface area contributed by atoms with Gasteiger partial charge in [0.1, 0.15) is 11.5 Å². The van der Waals surface area contributed by atoms with Crippen LogP contribution in [0.2, 0.25) is 5.02 Å². The van der Waals surface area contributed by atoms with Crippen LogP contribution in [0.25, 0.3) is 0 Å². The molecule has 1 aromatic rings. The molecule has 2 rings (SSSR count). The number of rotatable bonds is 4. The molecule has 1 aromatic carbocycles. The number of halogens is 1. The molecule has 1 aliphatic carbocycles. The Hall–Kier alpha value is -1.13. The fourth-order valence-corrected chi connectivity index (χ4v) is 2.21. The van der Waals surface area contributed by atoms with E-state index in [1.807, 2.05) is 6.07 Å². The third-order valence-corrected chi connectivity index (χ3v) is 3.30. The van der Waals surface area contributed by atoms with E-state index in [9.17, 15) is 0 Å². The Bertz CT molecular complexity index is 406. The molecule has 5 heteroatoms. The summed E-state index contributed by atoms with van der Waals surface area (Å²) >= 11 is 6.09. The van der Waals surface area contributed by atoms with Crippen LogP contribution in [0.5, 0.6) is 11.5 Å². The van der Waals surface area contributed by atoms with E-state index in [0.717, 1.165) is 24.3 Å². The fourth-order valence-electron chi connectivity index (χ4n) is 1.97. The number of hydrogen-bond acceptors (Lipinski definition) is 4. The third kappa shape index (κ3) is 2.58. The van der Waals surface area contributed by atoms with Crippen molar-refractivity contribution in [3.8, 4) is 11.5 Å². The summed E-state index contributed by atoms with van der Waals surface area (Å²) < 4.78 is 10.5. The standard InChI is InChI=1S/C12H17ClN2O2/c1-16-11-6-12(17-2)10(5-9(11)13)15-8-3-7(14)4-8/h5-8,15H,3-4,14H2,1-2H3. The molecule has 0 aliphatic heterocycles. The molecule has 1 aliphatic rings. The average molecular weight is 257 g/mol. The quantitative estimate of drug-likeness (QED) is 0.868. The van der Waals surface area contributed by atoms with Crippen molar-refractivity contribution in [2.24, 2.45) is 5.73 Å². The van der Waals surface area contributed by atoms with Crippen LogP contribution in [0, 0.1) is 0 Å². The summed E-state index contributed by atoms with van der Waals surface area (Å²) in [4.78, 5) is 0. The Balaban J connectivity index is 2.17. The van der Waals surface area contributed by atoms with Gasteiger partial charge in [0.05, 0.1) is 24.9 Å². The maximum atomic E-state index is 6.09. The lowest BCUT2D eigenvalue weighted by Gasteiger charge is -2.34. The van der Waals surface area contributed by atoms with E-state index < -0.39 is 0 Å². The van der Waals surface area contributed by atoms with Gasteiger partial charge in [0.25, 0.3) is 0 Å². The second-order valence-electron chi connectivity index (χ2n) is 4.26. The summed E-state index contributed by atoms with van der Waals surface area (Å²) in [5.74, 6) is 1.34. The van der Waals surface area contributed by atoms with Crippen LogP contribution in [0.1, 0.15) is 12.8 Å². The number of methoxy groups -OCH3 is 2. The second kappa shape index (κ2) is 5.02. The van der Waals surface area contributed by atoms with Crippen LogP contribution in [0.3, 0.4) is 0 Å². The summed E-state index contributed by atoms with van der Waals surface area (Å²) in [6, 6.07) is 4.32. The maximum absolute atomic E-state index is 6.09. The van der Waals surface area contributed by atoms with E-state index in [-0.39, 0.29) is 0 Å². The lowest BCUT2D eigenvalue weighted by Crippen LogP contribution is -2.44. The van der Waals surface area contributed by atoms with Gasteiger partial charge in [0, 0.05) is 18.2 Å². The molecule has 94 valence electrons. The minimum atomic E-state index is 0.312. The Morgan fingerprint density at radius 3 is 2.41 bits per heavy atom. The number of nitrogens with two attached hydrogens (primary N) is 1. The van der Waals surface area contributed by atoms with Gasteiger partial charge < -0.3 is 20.5 Å². The molecule has 1 saturated carbocycles. The van der Waals surface area contributed by atoms with Gasteiger partial charge in [0.15, 0.2) is 0 Å². The number of ether oxygens (including phenoxy) is 2. The zero-order valence-electron chi connectivity index (χ0n) is 10.00. The second-order valence-corrected chi connectivity index (χ2v) is 4.67. The van der Waals surface area contributed by atoms with E-state index in [2.05, 4.69) is 5.32 Å². The Morgan fingerprint density at radius 1 is 1.24 bits per heavy atom. The predicted molar refractivity (Wildman–Crippen MR) is 69.2 cm³/mol. The minimum absolute atomic E-state index is 0.312. The summed E-state index contributed by atoms with van der Waals surface area (Å²) in [6.07, 6.45) is 1.96. The summed E-state index contributed by atoms with van der Waals surface area (Å²) in [6.45, 7) is 0. The molecular weight excluding hydrogens is 240 g/mol. The van der Waals surface area contributed by atoms with Crippen molar-refractivity contribution in [3.05, 3.63) is 17.2 Å². The first kappa shape index (κ1) is 12.3. The van der Waals surface area contributed by atoms with E-state index in [1.54, 1.807) is 20.3 Å². The van der Waals surface area contributed by atoms with Gasteiger partial charge in [-0.25, -0.2) is 0 Å². The van der Waals surface area contributed by atoms with Gasteiger partial charge in [-0.1, -0.05) is 11.6 Å². The van der Waals surface area contributed by atoms with E-state index in [4.69, 9.17) is 26.8 Å². The molecule has 0 bridgehead atoms. The van der Waals surface area contributed by atoms with E-state index >= 15 is 0 Å². The van der Waals surface area contributed by atoms with E-state index in [0.29, 0.717) is 22.9 Å². The molecule has 17 heavy (non-hydrogen) atoms. The monoisotopic (exact) mass is 256 g/mol. The lowest BCUT2D eigenvalue weighted by atomic mass is 9.87. The summed E-state index contributed by atoms with van der Waals surface area (Å²) in [5.41, 5.74) is 6.64. The van der Waals surface area contributed by atoms with Gasteiger partial charge in [-0.05, 0) is 18.9 Å². The molecule has 0 spiro atoms. The van der Waals surface area contributed by atoms with Crippen molar-refractivity contribution in [1.82, 2.24) is 0 Å². The zero-order chi connectivity index (χ0) is 12.4. The SMILES string of the molecule is COc1cc(OC)c(NC2CC(N)C2)cc1Cl. The minimum Gasteiger partial charge on any atom is -0.495 e. The van der Waals surface area contributed by atoms with Gasteiger partial charge in [-0.2, -0.15) is 0 Å². The van der Waals surface area contributed by atoms with Crippen molar-refractivity contribution in [1.29, 1.82) is 0 Å². The number of benzene rings is 1. The third-order valence-electron chi connectivity index (χ3n) is 3.01. The van der Waals surface area contributed by atoms with Gasteiger partial charge >= 0.3 is 0 Å². The highest BCUT2D eigenvalue weighted by molar-refractivity contribution is 6.32. The molecule has 0 saturated heterocycles. The molecular formula is C12H17ClN2O2. The normalized spacial score (nSPS) is 22.8. The molecule has 3 N–H and O–H groups in total. The van der Waals surface area contributed by atoms with Gasteiger partial charge in [-0.15, -0.1) is 0 Å². The molecule has 0 aromatic heterocycles. The molecule has 0 unspecified atom stereocenters. The average Bonchev–Trinajstić information content (AvgIpc) is 2.27. The highest BCUT2D eigenvalue weighted by Crippen LogP contribution is 2.37. The maximum Gasteiger partial charge on any atom is 0.145 e. The first-order chi connectivity index (χ1) is 8.13. The van der Waals surface area contributed by atoms with Crippen LogP contribution >= 0.6 is 11.6 Å². The smallest absolute Gasteiger partial charge is 0.145 e. The number of anilines is 1.